The molecule has 0 unspecified atom stereocenters. The molecule has 1 aliphatic heterocycles. The first kappa shape index (κ1) is 20.1. The molecule has 1 aliphatic carbocycles. The highest BCUT2D eigenvalue weighted by Crippen LogP contribution is 2.30. The van der Waals surface area contributed by atoms with Gasteiger partial charge in [-0.1, -0.05) is 0 Å². The highest BCUT2D eigenvalue weighted by atomic mass is 16.2. The number of hydrogen-bond donors (Lipinski definition) is 3. The number of nitriles is 1. The van der Waals surface area contributed by atoms with E-state index >= 15 is 0 Å². The molecule has 0 spiro atoms. The SMILES string of the molecule is CN1CCN(C(=O)c2ccc(Nc3cc(NC4CC4)c4ncc(C#N)n4n3)cc2N)CC1. The fourth-order valence-corrected chi connectivity index (χ4v) is 3.82. The summed E-state index contributed by atoms with van der Waals surface area (Å²) in [4.78, 5) is 21.3. The topological polar surface area (TPSA) is 128 Å². The Bertz CT molecular complexity index is 1220. The van der Waals surface area contributed by atoms with Crippen molar-refractivity contribution in [2.75, 3.05) is 49.6 Å². The Morgan fingerprint density at radius 2 is 2.00 bits per heavy atom. The lowest BCUT2D eigenvalue weighted by Gasteiger charge is -2.32. The van der Waals surface area contributed by atoms with Crippen molar-refractivity contribution in [3.63, 3.8) is 0 Å². The van der Waals surface area contributed by atoms with Gasteiger partial charge in [-0.2, -0.15) is 9.78 Å². The number of anilines is 4. The van der Waals surface area contributed by atoms with Crippen LogP contribution in [0.15, 0.2) is 30.5 Å². The summed E-state index contributed by atoms with van der Waals surface area (Å²) in [6.45, 7) is 3.11. The van der Waals surface area contributed by atoms with Gasteiger partial charge in [0.2, 0.25) is 0 Å². The zero-order chi connectivity index (χ0) is 22.2. The first-order valence-electron chi connectivity index (χ1n) is 10.7. The number of nitrogen functional groups attached to an aromatic ring is 1. The molecule has 164 valence electrons. The van der Waals surface area contributed by atoms with E-state index in [1.165, 1.54) is 10.7 Å². The summed E-state index contributed by atoms with van der Waals surface area (Å²) in [7, 11) is 2.05. The van der Waals surface area contributed by atoms with Crippen LogP contribution >= 0.6 is 0 Å². The second kappa shape index (κ2) is 8.01. The van der Waals surface area contributed by atoms with Gasteiger partial charge in [0.1, 0.15) is 6.07 Å². The van der Waals surface area contributed by atoms with Crippen LogP contribution in [-0.2, 0) is 0 Å². The van der Waals surface area contributed by atoms with Gasteiger partial charge in [0, 0.05) is 49.7 Å². The summed E-state index contributed by atoms with van der Waals surface area (Å²) < 4.78 is 1.53. The number of nitrogens with one attached hydrogen (secondary N) is 2. The summed E-state index contributed by atoms with van der Waals surface area (Å²) in [5.74, 6) is 0.502. The molecule has 10 nitrogen and oxygen atoms in total. The number of amides is 1. The molecule has 0 radical (unpaired) electrons. The summed E-state index contributed by atoms with van der Waals surface area (Å²) in [5.41, 5.74) is 9.66. The van der Waals surface area contributed by atoms with E-state index in [0.29, 0.717) is 53.2 Å². The third kappa shape index (κ3) is 3.90. The molecule has 1 saturated carbocycles. The summed E-state index contributed by atoms with van der Waals surface area (Å²) in [5, 5.41) is 20.6. The fraction of sp³-hybridized carbons (Fsp3) is 0.364. The highest BCUT2D eigenvalue weighted by Gasteiger charge is 2.24. The van der Waals surface area contributed by atoms with Crippen molar-refractivity contribution in [3.8, 4) is 6.07 Å². The molecule has 3 aromatic rings. The Morgan fingerprint density at radius 1 is 1.22 bits per heavy atom. The lowest BCUT2D eigenvalue weighted by atomic mass is 10.1. The molecule has 2 aromatic heterocycles. The van der Waals surface area contributed by atoms with E-state index in [1.54, 1.807) is 12.1 Å². The molecule has 4 N–H and O–H groups in total. The maximum absolute atomic E-state index is 12.9. The zero-order valence-electron chi connectivity index (χ0n) is 17.9. The van der Waals surface area contributed by atoms with Gasteiger partial charge in [-0.25, -0.2) is 4.98 Å². The predicted molar refractivity (Wildman–Crippen MR) is 122 cm³/mol. The van der Waals surface area contributed by atoms with Crippen molar-refractivity contribution in [1.82, 2.24) is 24.4 Å². The third-order valence-corrected chi connectivity index (χ3v) is 5.86. The first-order valence-corrected chi connectivity index (χ1v) is 10.7. The standard InChI is InChI=1S/C22H25N9O/c1-29-6-8-30(9-7-29)22(32)17-5-4-15(10-18(17)24)27-20-11-19(26-14-2-3-14)21-25-13-16(12-23)31(21)28-20/h4-5,10-11,13-14,26H,2-3,6-9,24H2,1H3,(H,27,28). The number of aromatic nitrogens is 3. The number of piperazine rings is 1. The summed E-state index contributed by atoms with van der Waals surface area (Å²) >= 11 is 0. The number of nitrogens with two attached hydrogens (primary N) is 1. The predicted octanol–water partition coefficient (Wildman–Crippen LogP) is 1.89. The van der Waals surface area contributed by atoms with Gasteiger partial charge in [0.05, 0.1) is 17.4 Å². The van der Waals surface area contributed by atoms with E-state index in [0.717, 1.165) is 31.6 Å². The molecule has 5 rings (SSSR count). The largest absolute Gasteiger partial charge is 0.398 e. The molecule has 2 aliphatic rings. The molecule has 10 heteroatoms. The molecule has 1 aromatic carbocycles. The number of carbonyl (C=O) groups excluding carboxylic acids is 1. The number of benzene rings is 1. The van der Waals surface area contributed by atoms with E-state index in [9.17, 15) is 10.1 Å². The maximum atomic E-state index is 12.9. The zero-order valence-corrected chi connectivity index (χ0v) is 17.9. The van der Waals surface area contributed by atoms with Crippen LogP contribution < -0.4 is 16.4 Å². The maximum Gasteiger partial charge on any atom is 0.256 e. The van der Waals surface area contributed by atoms with Gasteiger partial charge < -0.3 is 26.2 Å². The van der Waals surface area contributed by atoms with Gasteiger partial charge in [0.15, 0.2) is 17.2 Å². The average Bonchev–Trinajstić information content (AvgIpc) is 3.50. The second-order valence-electron chi connectivity index (χ2n) is 8.38. The van der Waals surface area contributed by atoms with Gasteiger partial charge >= 0.3 is 0 Å². The second-order valence-corrected chi connectivity index (χ2v) is 8.38. The summed E-state index contributed by atoms with van der Waals surface area (Å²) in [6, 6.07) is 9.72. The fourth-order valence-electron chi connectivity index (χ4n) is 3.82. The van der Waals surface area contributed by atoms with Crippen LogP contribution in [0.1, 0.15) is 28.9 Å². The number of hydrogen-bond acceptors (Lipinski definition) is 8. The summed E-state index contributed by atoms with van der Waals surface area (Å²) in [6.07, 6.45) is 3.74. The van der Waals surface area contributed by atoms with E-state index in [4.69, 9.17) is 5.73 Å². The smallest absolute Gasteiger partial charge is 0.256 e. The first-order chi connectivity index (χ1) is 15.5. The Hall–Kier alpha value is -3.84. The minimum absolute atomic E-state index is 0.0466. The van der Waals surface area contributed by atoms with Crippen molar-refractivity contribution in [3.05, 3.63) is 41.7 Å². The quantitative estimate of drug-likeness (QED) is 0.523. The van der Waals surface area contributed by atoms with E-state index in [1.807, 2.05) is 17.0 Å². The number of imidazole rings is 1. The van der Waals surface area contributed by atoms with Crippen LogP contribution in [-0.4, -0.2) is 69.6 Å². The third-order valence-electron chi connectivity index (χ3n) is 5.86. The Kier molecular flexibility index (Phi) is 5.03. The lowest BCUT2D eigenvalue weighted by molar-refractivity contribution is 0.0665. The van der Waals surface area contributed by atoms with Crippen LogP contribution in [0.4, 0.5) is 22.9 Å². The van der Waals surface area contributed by atoms with Crippen molar-refractivity contribution < 1.29 is 4.79 Å². The normalized spacial score (nSPS) is 16.7. The van der Waals surface area contributed by atoms with Crippen LogP contribution in [0, 0.1) is 11.3 Å². The monoisotopic (exact) mass is 431 g/mol. The van der Waals surface area contributed by atoms with E-state index < -0.39 is 0 Å². The molecular formula is C22H25N9O. The minimum atomic E-state index is -0.0466. The van der Waals surface area contributed by atoms with Crippen molar-refractivity contribution in [1.29, 1.82) is 5.26 Å². The van der Waals surface area contributed by atoms with Gasteiger partial charge in [-0.15, -0.1) is 5.10 Å². The van der Waals surface area contributed by atoms with Gasteiger partial charge in [0.25, 0.3) is 5.91 Å². The molecule has 1 amide bonds. The Balaban J connectivity index is 1.39. The Labute approximate surface area is 185 Å². The average molecular weight is 432 g/mol. The highest BCUT2D eigenvalue weighted by molar-refractivity contribution is 6.00. The number of likely N-dealkylation sites (N-methyl/N-ethyl adjacent to an activating group) is 1. The molecule has 2 fully saturated rings. The lowest BCUT2D eigenvalue weighted by Crippen LogP contribution is -2.47. The van der Waals surface area contributed by atoms with Crippen molar-refractivity contribution in [2.45, 2.75) is 18.9 Å². The molecule has 32 heavy (non-hydrogen) atoms. The van der Waals surface area contributed by atoms with Crippen LogP contribution in [0.2, 0.25) is 0 Å². The van der Waals surface area contributed by atoms with Crippen LogP contribution in [0.5, 0.6) is 0 Å². The van der Waals surface area contributed by atoms with E-state index in [-0.39, 0.29) is 5.91 Å². The van der Waals surface area contributed by atoms with Crippen LogP contribution in [0.3, 0.4) is 0 Å². The van der Waals surface area contributed by atoms with Crippen LogP contribution in [0.25, 0.3) is 5.65 Å². The Morgan fingerprint density at radius 3 is 2.69 bits per heavy atom. The molecule has 3 heterocycles. The number of rotatable bonds is 5. The molecule has 0 bridgehead atoms. The van der Waals surface area contributed by atoms with Gasteiger partial charge in [-0.05, 0) is 38.1 Å². The van der Waals surface area contributed by atoms with Crippen molar-refractivity contribution >= 4 is 34.4 Å². The van der Waals surface area contributed by atoms with Gasteiger partial charge in [-0.3, -0.25) is 4.79 Å². The number of nitrogens with zero attached hydrogens (tertiary/aromatic N) is 6. The number of fused-ring (bicyclic) bond motifs is 1. The minimum Gasteiger partial charge on any atom is -0.398 e. The van der Waals surface area contributed by atoms with E-state index in [2.05, 4.69) is 38.7 Å². The molecule has 1 saturated heterocycles. The molecular weight excluding hydrogens is 406 g/mol. The number of carbonyl (C=O) groups is 1. The van der Waals surface area contributed by atoms with Crippen molar-refractivity contribution in [2.24, 2.45) is 0 Å². The molecule has 0 atom stereocenters.